The summed E-state index contributed by atoms with van der Waals surface area (Å²) < 4.78 is 14.0. The fourth-order valence-corrected chi connectivity index (χ4v) is 5.30. The van der Waals surface area contributed by atoms with E-state index in [1.54, 1.807) is 23.5 Å². The topological polar surface area (TPSA) is 75.4 Å². The van der Waals surface area contributed by atoms with Gasteiger partial charge in [-0.05, 0) is 31.5 Å². The Morgan fingerprint density at radius 2 is 1.93 bits per heavy atom. The van der Waals surface area contributed by atoms with Gasteiger partial charge in [0.15, 0.2) is 5.16 Å². The highest BCUT2D eigenvalue weighted by Gasteiger charge is 2.23. The molecule has 9 heteroatoms. The Morgan fingerprint density at radius 3 is 2.66 bits per heavy atom. The number of rotatable bonds is 4. The van der Waals surface area contributed by atoms with Gasteiger partial charge in [0.25, 0.3) is 0 Å². The zero-order chi connectivity index (χ0) is 20.5. The third kappa shape index (κ3) is 4.02. The lowest BCUT2D eigenvalue weighted by molar-refractivity contribution is -0.128. The Bertz CT molecular complexity index is 1060. The smallest absolute Gasteiger partial charge is 0.233 e. The fraction of sp³-hybridized carbons (Fsp3) is 0.350. The van der Waals surface area contributed by atoms with Gasteiger partial charge in [0, 0.05) is 31.1 Å². The molecule has 1 fully saturated rings. The molecular weight excluding hydrogens is 409 g/mol. The minimum atomic E-state index is -0.230. The molecule has 1 aliphatic rings. The van der Waals surface area contributed by atoms with Crippen molar-refractivity contribution in [3.05, 3.63) is 40.5 Å². The first kappa shape index (κ1) is 19.9. The molecule has 2 N–H and O–H groups in total. The predicted octanol–water partition coefficient (Wildman–Crippen LogP) is 3.47. The van der Waals surface area contributed by atoms with Crippen LogP contribution < -0.4 is 10.6 Å². The van der Waals surface area contributed by atoms with Gasteiger partial charge in [-0.2, -0.15) is 0 Å². The molecule has 1 saturated heterocycles. The largest absolute Gasteiger partial charge is 0.383 e. The van der Waals surface area contributed by atoms with Crippen molar-refractivity contribution in [2.45, 2.75) is 19.0 Å². The lowest BCUT2D eigenvalue weighted by atomic mass is 10.2. The molecular formula is C20H22FN5OS2. The summed E-state index contributed by atoms with van der Waals surface area (Å²) in [6.45, 7) is 6.42. The second-order valence-electron chi connectivity index (χ2n) is 6.96. The van der Waals surface area contributed by atoms with Crippen molar-refractivity contribution in [3.63, 3.8) is 0 Å². The number of hydrogen-bond donors (Lipinski definition) is 1. The minimum Gasteiger partial charge on any atom is -0.383 e. The number of nitrogens with two attached hydrogens (primary N) is 1. The molecule has 0 atom stereocenters. The second kappa shape index (κ2) is 8.16. The van der Waals surface area contributed by atoms with Crippen LogP contribution in [0, 0.1) is 19.7 Å². The number of aromatic nitrogens is 2. The van der Waals surface area contributed by atoms with Gasteiger partial charge in [0.05, 0.1) is 16.8 Å². The molecule has 1 aliphatic heterocycles. The predicted molar refractivity (Wildman–Crippen MR) is 117 cm³/mol. The van der Waals surface area contributed by atoms with E-state index in [9.17, 15) is 9.18 Å². The van der Waals surface area contributed by atoms with E-state index in [1.807, 2.05) is 29.7 Å². The molecule has 0 radical (unpaired) electrons. The van der Waals surface area contributed by atoms with Gasteiger partial charge >= 0.3 is 0 Å². The Morgan fingerprint density at radius 1 is 1.21 bits per heavy atom. The number of nitrogen functional groups attached to an aromatic ring is 1. The summed E-state index contributed by atoms with van der Waals surface area (Å²) in [4.78, 5) is 27.4. The molecule has 29 heavy (non-hydrogen) atoms. The Labute approximate surface area is 176 Å². The number of amides is 1. The summed E-state index contributed by atoms with van der Waals surface area (Å²) >= 11 is 2.90. The van der Waals surface area contributed by atoms with Crippen molar-refractivity contribution < 1.29 is 9.18 Å². The van der Waals surface area contributed by atoms with Crippen LogP contribution in [-0.2, 0) is 4.79 Å². The van der Waals surface area contributed by atoms with Crippen molar-refractivity contribution in [1.82, 2.24) is 14.9 Å². The van der Waals surface area contributed by atoms with E-state index in [-0.39, 0.29) is 17.5 Å². The van der Waals surface area contributed by atoms with Crippen LogP contribution in [-0.4, -0.2) is 52.7 Å². The van der Waals surface area contributed by atoms with E-state index < -0.39 is 0 Å². The minimum absolute atomic E-state index is 0.0315. The SMILES string of the molecule is Cc1sc2nc(SCC(=O)N3CCN(c4ccccc4F)CC3)nc(N)c2c1C. The number of thioether (sulfide) groups is 1. The van der Waals surface area contributed by atoms with Gasteiger partial charge < -0.3 is 15.5 Å². The molecule has 4 rings (SSSR count). The second-order valence-corrected chi connectivity index (χ2v) is 9.11. The zero-order valence-electron chi connectivity index (χ0n) is 16.3. The summed E-state index contributed by atoms with van der Waals surface area (Å²) in [7, 11) is 0. The number of para-hydroxylation sites is 1. The summed E-state index contributed by atoms with van der Waals surface area (Å²) in [6, 6.07) is 6.74. The Balaban J connectivity index is 1.36. The number of aryl methyl sites for hydroxylation is 2. The number of nitrogens with zero attached hydrogens (tertiary/aromatic N) is 4. The monoisotopic (exact) mass is 431 g/mol. The lowest BCUT2D eigenvalue weighted by Crippen LogP contribution is -2.49. The maximum Gasteiger partial charge on any atom is 0.233 e. The number of hydrogen-bond acceptors (Lipinski definition) is 7. The number of thiophene rings is 1. The Kier molecular flexibility index (Phi) is 5.60. The lowest BCUT2D eigenvalue weighted by Gasteiger charge is -2.36. The van der Waals surface area contributed by atoms with E-state index in [2.05, 4.69) is 9.97 Å². The summed E-state index contributed by atoms with van der Waals surface area (Å²) in [6.07, 6.45) is 0. The van der Waals surface area contributed by atoms with Gasteiger partial charge in [0.2, 0.25) is 5.91 Å². The van der Waals surface area contributed by atoms with Crippen molar-refractivity contribution in [3.8, 4) is 0 Å². The van der Waals surface area contributed by atoms with E-state index in [4.69, 9.17) is 5.73 Å². The van der Waals surface area contributed by atoms with Crippen molar-refractivity contribution in [1.29, 1.82) is 0 Å². The third-order valence-electron chi connectivity index (χ3n) is 5.19. The van der Waals surface area contributed by atoms with Crippen molar-refractivity contribution in [2.24, 2.45) is 0 Å². The zero-order valence-corrected chi connectivity index (χ0v) is 17.9. The molecule has 3 aromatic rings. The Hall–Kier alpha value is -2.39. The first-order valence-electron chi connectivity index (χ1n) is 9.37. The van der Waals surface area contributed by atoms with Crippen LogP contribution in [0.15, 0.2) is 29.4 Å². The number of benzene rings is 1. The molecule has 0 spiro atoms. The molecule has 1 amide bonds. The summed E-state index contributed by atoms with van der Waals surface area (Å²) in [5.74, 6) is 0.523. The molecule has 6 nitrogen and oxygen atoms in total. The van der Waals surface area contributed by atoms with Gasteiger partial charge in [-0.25, -0.2) is 14.4 Å². The standard InChI is InChI=1S/C20H22FN5OS2/c1-12-13(2)29-19-17(12)18(22)23-20(24-19)28-11-16(27)26-9-7-25(8-10-26)15-6-4-3-5-14(15)21/h3-6H,7-11H2,1-2H3,(H2,22,23,24). The van der Waals surface area contributed by atoms with Crippen molar-refractivity contribution in [2.75, 3.05) is 42.6 Å². The first-order valence-corrected chi connectivity index (χ1v) is 11.2. The van der Waals surface area contributed by atoms with Gasteiger partial charge in [0.1, 0.15) is 16.5 Å². The van der Waals surface area contributed by atoms with Crippen LogP contribution in [0.2, 0.25) is 0 Å². The van der Waals surface area contributed by atoms with Crippen LogP contribution in [0.1, 0.15) is 10.4 Å². The normalized spacial score (nSPS) is 14.6. The van der Waals surface area contributed by atoms with Crippen LogP contribution in [0.4, 0.5) is 15.9 Å². The average molecular weight is 432 g/mol. The van der Waals surface area contributed by atoms with Gasteiger partial charge in [-0.3, -0.25) is 4.79 Å². The van der Waals surface area contributed by atoms with Crippen LogP contribution in [0.5, 0.6) is 0 Å². The van der Waals surface area contributed by atoms with Crippen LogP contribution in [0.25, 0.3) is 10.2 Å². The third-order valence-corrected chi connectivity index (χ3v) is 7.12. The molecule has 152 valence electrons. The quantitative estimate of drug-likeness (QED) is 0.504. The van der Waals surface area contributed by atoms with Crippen molar-refractivity contribution >= 4 is 50.7 Å². The van der Waals surface area contributed by atoms with E-state index >= 15 is 0 Å². The van der Waals surface area contributed by atoms with E-state index in [0.29, 0.717) is 42.8 Å². The highest BCUT2D eigenvalue weighted by molar-refractivity contribution is 7.99. The van der Waals surface area contributed by atoms with Gasteiger partial charge in [-0.15, -0.1) is 11.3 Å². The molecule has 1 aromatic carbocycles. The first-order chi connectivity index (χ1) is 13.9. The number of fused-ring (bicyclic) bond motifs is 1. The van der Waals surface area contributed by atoms with Crippen LogP contribution in [0.3, 0.4) is 0 Å². The highest BCUT2D eigenvalue weighted by atomic mass is 32.2. The fourth-order valence-electron chi connectivity index (χ4n) is 3.45. The summed E-state index contributed by atoms with van der Waals surface area (Å²) in [5, 5.41) is 1.43. The summed E-state index contributed by atoms with van der Waals surface area (Å²) in [5.41, 5.74) is 7.82. The number of anilines is 2. The van der Waals surface area contributed by atoms with E-state index in [0.717, 1.165) is 15.8 Å². The average Bonchev–Trinajstić information content (AvgIpc) is 3.00. The maximum atomic E-state index is 14.0. The highest BCUT2D eigenvalue weighted by Crippen LogP contribution is 2.33. The molecule has 0 unspecified atom stereocenters. The molecule has 0 bridgehead atoms. The van der Waals surface area contributed by atoms with E-state index in [1.165, 1.54) is 22.7 Å². The molecule has 0 saturated carbocycles. The van der Waals surface area contributed by atoms with Gasteiger partial charge in [-0.1, -0.05) is 23.9 Å². The maximum absolute atomic E-state index is 14.0. The molecule has 0 aliphatic carbocycles. The number of carbonyl (C=O) groups is 1. The molecule has 2 aromatic heterocycles. The number of halogens is 1. The molecule has 3 heterocycles. The number of carbonyl (C=O) groups excluding carboxylic acids is 1. The number of piperazine rings is 1. The van der Waals surface area contributed by atoms with Crippen LogP contribution >= 0.6 is 23.1 Å².